The van der Waals surface area contributed by atoms with Crippen molar-refractivity contribution in [2.45, 2.75) is 0 Å². The van der Waals surface area contributed by atoms with Crippen molar-refractivity contribution >= 4 is 17.6 Å². The largest absolute Gasteiger partial charge is 0.475 e. The Balaban J connectivity index is 1.75. The summed E-state index contributed by atoms with van der Waals surface area (Å²) in [6, 6.07) is 11.0. The lowest BCUT2D eigenvalue weighted by atomic mass is 10.2. The van der Waals surface area contributed by atoms with Gasteiger partial charge in [-0.25, -0.2) is 18.5 Å². The molecule has 2 heterocycles. The molecule has 27 heavy (non-hydrogen) atoms. The molecule has 1 N–H and O–H groups in total. The minimum atomic E-state index is -0.516. The Bertz CT molecular complexity index is 1030. The van der Waals surface area contributed by atoms with Crippen LogP contribution in [-0.4, -0.2) is 34.7 Å². The number of halogens is 2. The van der Waals surface area contributed by atoms with Gasteiger partial charge >= 0.3 is 0 Å². The van der Waals surface area contributed by atoms with Gasteiger partial charge in [-0.1, -0.05) is 6.07 Å². The van der Waals surface area contributed by atoms with Crippen LogP contribution in [0.25, 0.3) is 5.69 Å². The molecule has 0 aliphatic carbocycles. The molecule has 2 aromatic carbocycles. The smallest absolute Gasteiger partial charge is 0.256 e. The van der Waals surface area contributed by atoms with E-state index in [9.17, 15) is 13.6 Å². The van der Waals surface area contributed by atoms with Crippen LogP contribution >= 0.6 is 0 Å². The first kappa shape index (κ1) is 16.9. The fourth-order valence-electron chi connectivity index (χ4n) is 2.71. The molecule has 1 aliphatic heterocycles. The molecule has 0 atom stereocenters. The highest BCUT2D eigenvalue weighted by atomic mass is 19.1. The van der Waals surface area contributed by atoms with Gasteiger partial charge in [-0.2, -0.15) is 5.10 Å². The molecule has 3 aromatic rings. The number of hydrogen-bond donors (Lipinski definition) is 1. The first-order valence-electron chi connectivity index (χ1n) is 8.20. The summed E-state index contributed by atoms with van der Waals surface area (Å²) in [6.07, 6.45) is 1.51. The van der Waals surface area contributed by atoms with Gasteiger partial charge in [0, 0.05) is 5.56 Å². The number of aromatic nitrogens is 2. The van der Waals surface area contributed by atoms with Crippen LogP contribution in [0.15, 0.2) is 59.7 Å². The number of aliphatic imine (C=N–C) groups is 1. The predicted octanol–water partition coefficient (Wildman–Crippen LogP) is 3.18. The molecule has 0 radical (unpaired) electrons. The number of carbonyl (C=O) groups is 1. The molecule has 0 saturated carbocycles. The van der Waals surface area contributed by atoms with Crippen LogP contribution in [-0.2, 0) is 4.74 Å². The number of amides is 1. The number of benzene rings is 2. The molecule has 0 unspecified atom stereocenters. The van der Waals surface area contributed by atoms with E-state index in [0.29, 0.717) is 36.1 Å². The van der Waals surface area contributed by atoms with E-state index >= 15 is 0 Å². The summed E-state index contributed by atoms with van der Waals surface area (Å²) in [6.45, 7) is 0.947. The average molecular weight is 368 g/mol. The molecule has 0 spiro atoms. The molecule has 1 aliphatic rings. The Hall–Kier alpha value is -3.55. The van der Waals surface area contributed by atoms with Gasteiger partial charge < -0.3 is 10.1 Å². The Morgan fingerprint density at radius 2 is 1.93 bits per heavy atom. The van der Waals surface area contributed by atoms with E-state index in [-0.39, 0.29) is 11.4 Å². The summed E-state index contributed by atoms with van der Waals surface area (Å²) in [4.78, 5) is 16.9. The van der Waals surface area contributed by atoms with Crippen molar-refractivity contribution in [3.63, 3.8) is 0 Å². The van der Waals surface area contributed by atoms with Crippen LogP contribution in [0.1, 0.15) is 15.9 Å². The van der Waals surface area contributed by atoms with Gasteiger partial charge in [-0.05, 0) is 42.5 Å². The van der Waals surface area contributed by atoms with E-state index in [4.69, 9.17) is 4.74 Å². The van der Waals surface area contributed by atoms with Crippen molar-refractivity contribution in [3.05, 3.63) is 77.5 Å². The molecule has 0 fully saturated rings. The van der Waals surface area contributed by atoms with Gasteiger partial charge in [0.2, 0.25) is 5.90 Å². The maximum absolute atomic E-state index is 13.4. The van der Waals surface area contributed by atoms with Crippen LogP contribution < -0.4 is 5.32 Å². The van der Waals surface area contributed by atoms with Crippen molar-refractivity contribution < 1.29 is 18.3 Å². The van der Waals surface area contributed by atoms with Gasteiger partial charge in [0.15, 0.2) is 0 Å². The Morgan fingerprint density at radius 1 is 1.11 bits per heavy atom. The molecule has 4 rings (SSSR count). The van der Waals surface area contributed by atoms with Crippen LogP contribution in [0.2, 0.25) is 0 Å². The molecule has 8 heteroatoms. The van der Waals surface area contributed by atoms with E-state index in [0.717, 1.165) is 6.07 Å². The maximum Gasteiger partial charge on any atom is 0.256 e. The van der Waals surface area contributed by atoms with E-state index < -0.39 is 11.7 Å². The molecular weight excluding hydrogens is 354 g/mol. The van der Waals surface area contributed by atoms with E-state index in [1.165, 1.54) is 53.3 Å². The third kappa shape index (κ3) is 3.41. The third-order valence-electron chi connectivity index (χ3n) is 3.98. The van der Waals surface area contributed by atoms with Crippen LogP contribution in [0, 0.1) is 11.6 Å². The SMILES string of the molecule is O=C(Nc1c(C2=NCCO2)cnn1-c1ccc(F)cc1)c1cccc(F)c1. The fraction of sp³-hybridized carbons (Fsp3) is 0.105. The second kappa shape index (κ2) is 6.99. The number of nitrogens with zero attached hydrogens (tertiary/aromatic N) is 3. The number of carbonyl (C=O) groups excluding carboxylic acids is 1. The van der Waals surface area contributed by atoms with Crippen molar-refractivity contribution in [3.8, 4) is 5.69 Å². The molecule has 1 amide bonds. The van der Waals surface area contributed by atoms with Gasteiger partial charge in [0.1, 0.15) is 24.1 Å². The summed E-state index contributed by atoms with van der Waals surface area (Å²) in [5.41, 5.74) is 1.18. The highest BCUT2D eigenvalue weighted by molar-refractivity contribution is 6.08. The van der Waals surface area contributed by atoms with Gasteiger partial charge in [0.25, 0.3) is 5.91 Å². The van der Waals surface area contributed by atoms with Gasteiger partial charge in [-0.15, -0.1) is 0 Å². The number of hydrogen-bond acceptors (Lipinski definition) is 4. The van der Waals surface area contributed by atoms with Crippen LogP contribution in [0.4, 0.5) is 14.6 Å². The summed E-state index contributed by atoms with van der Waals surface area (Å²) in [7, 11) is 0. The standard InChI is InChI=1S/C19H14F2N4O2/c20-13-4-6-15(7-5-13)25-17(16(11-23-25)19-22-8-9-27-19)24-18(26)12-2-1-3-14(21)10-12/h1-7,10-11H,8-9H2,(H,24,26). The second-order valence-corrected chi connectivity index (χ2v) is 5.79. The Labute approximate surface area is 153 Å². The summed E-state index contributed by atoms with van der Waals surface area (Å²) < 4.78 is 33.6. The molecule has 0 bridgehead atoms. The zero-order chi connectivity index (χ0) is 18.8. The van der Waals surface area contributed by atoms with E-state index in [1.54, 1.807) is 0 Å². The maximum atomic E-state index is 13.4. The quantitative estimate of drug-likeness (QED) is 0.769. The van der Waals surface area contributed by atoms with E-state index in [1.807, 2.05) is 0 Å². The molecule has 1 aromatic heterocycles. The monoisotopic (exact) mass is 368 g/mol. The summed E-state index contributed by atoms with van der Waals surface area (Å²) in [5.74, 6) is -0.758. The lowest BCUT2D eigenvalue weighted by Crippen LogP contribution is -2.18. The first-order valence-corrected chi connectivity index (χ1v) is 8.20. The van der Waals surface area contributed by atoms with Gasteiger partial charge in [0.05, 0.1) is 24.0 Å². The summed E-state index contributed by atoms with van der Waals surface area (Å²) >= 11 is 0. The molecule has 136 valence electrons. The zero-order valence-electron chi connectivity index (χ0n) is 14.0. The highest BCUT2D eigenvalue weighted by Crippen LogP contribution is 2.24. The average Bonchev–Trinajstić information content (AvgIpc) is 3.32. The molecule has 0 saturated heterocycles. The second-order valence-electron chi connectivity index (χ2n) is 5.79. The zero-order valence-corrected chi connectivity index (χ0v) is 14.0. The van der Waals surface area contributed by atoms with Crippen molar-refractivity contribution in [2.75, 3.05) is 18.5 Å². The van der Waals surface area contributed by atoms with Gasteiger partial charge in [-0.3, -0.25) is 4.79 Å². The van der Waals surface area contributed by atoms with Crippen molar-refractivity contribution in [2.24, 2.45) is 4.99 Å². The third-order valence-corrected chi connectivity index (χ3v) is 3.98. The Morgan fingerprint density at radius 3 is 2.63 bits per heavy atom. The highest BCUT2D eigenvalue weighted by Gasteiger charge is 2.22. The number of rotatable bonds is 4. The minimum absolute atomic E-state index is 0.155. The molecular formula is C19H14F2N4O2. The summed E-state index contributed by atoms with van der Waals surface area (Å²) in [5, 5.41) is 7.00. The van der Waals surface area contributed by atoms with E-state index in [2.05, 4.69) is 15.4 Å². The number of anilines is 1. The Kier molecular flexibility index (Phi) is 4.37. The van der Waals surface area contributed by atoms with Crippen molar-refractivity contribution in [1.29, 1.82) is 0 Å². The normalized spacial score (nSPS) is 13.2. The fourth-order valence-corrected chi connectivity index (χ4v) is 2.71. The topological polar surface area (TPSA) is 68.5 Å². The predicted molar refractivity (Wildman–Crippen MR) is 95.2 cm³/mol. The number of nitrogens with one attached hydrogen (secondary N) is 1. The lowest BCUT2D eigenvalue weighted by Gasteiger charge is -2.11. The minimum Gasteiger partial charge on any atom is -0.475 e. The number of ether oxygens (including phenoxy) is 1. The lowest BCUT2D eigenvalue weighted by molar-refractivity contribution is 0.102. The first-order chi connectivity index (χ1) is 13.1. The van der Waals surface area contributed by atoms with Crippen LogP contribution in [0.5, 0.6) is 0 Å². The van der Waals surface area contributed by atoms with Crippen molar-refractivity contribution in [1.82, 2.24) is 9.78 Å². The van der Waals surface area contributed by atoms with Crippen LogP contribution in [0.3, 0.4) is 0 Å². The molecule has 6 nitrogen and oxygen atoms in total.